The lowest BCUT2D eigenvalue weighted by Crippen LogP contribution is -2.27. The number of imidazole rings is 1. The molecule has 1 aliphatic heterocycles. The van der Waals surface area contributed by atoms with Crippen LogP contribution in [0.15, 0.2) is 36.7 Å². The van der Waals surface area contributed by atoms with Crippen molar-refractivity contribution < 1.29 is 9.53 Å². The van der Waals surface area contributed by atoms with E-state index in [-0.39, 0.29) is 24.5 Å². The molecule has 0 radical (unpaired) electrons. The molecule has 0 saturated carbocycles. The first kappa shape index (κ1) is 20.2. The molecule has 0 unspecified atom stereocenters. The predicted octanol–water partition coefficient (Wildman–Crippen LogP) is 3.11. The predicted molar refractivity (Wildman–Crippen MR) is 119 cm³/mol. The molecule has 3 aromatic heterocycles. The van der Waals surface area contributed by atoms with Crippen LogP contribution in [-0.4, -0.2) is 42.9 Å². The molecular formula is C23H23N7O2. The van der Waals surface area contributed by atoms with Crippen LogP contribution in [0.2, 0.25) is 0 Å². The van der Waals surface area contributed by atoms with Crippen molar-refractivity contribution >= 4 is 33.7 Å². The minimum atomic E-state index is -0.185. The van der Waals surface area contributed by atoms with Crippen LogP contribution in [0.1, 0.15) is 37.2 Å². The fourth-order valence-corrected chi connectivity index (χ4v) is 4.43. The van der Waals surface area contributed by atoms with Gasteiger partial charge in [-0.25, -0.2) is 4.98 Å². The zero-order valence-corrected chi connectivity index (χ0v) is 17.9. The zero-order chi connectivity index (χ0) is 22.2. The van der Waals surface area contributed by atoms with Gasteiger partial charge in [-0.3, -0.25) is 14.5 Å². The van der Waals surface area contributed by atoms with Crippen molar-refractivity contribution in [3.05, 3.63) is 48.0 Å². The Hall–Kier alpha value is -3.77. The first-order valence-corrected chi connectivity index (χ1v) is 10.6. The number of ether oxygens (including phenoxy) is 1. The van der Waals surface area contributed by atoms with Crippen molar-refractivity contribution in [2.75, 3.05) is 11.9 Å². The number of anilines is 1. The highest BCUT2D eigenvalue weighted by molar-refractivity contribution is 6.03. The van der Waals surface area contributed by atoms with Gasteiger partial charge in [0.1, 0.15) is 11.3 Å². The molecule has 1 fully saturated rings. The molecule has 0 spiro atoms. The molecule has 1 aromatic carbocycles. The number of aromatic nitrogens is 5. The zero-order valence-electron chi connectivity index (χ0n) is 17.9. The first-order valence-electron chi connectivity index (χ1n) is 10.6. The van der Waals surface area contributed by atoms with Crippen LogP contribution in [0.4, 0.5) is 5.82 Å². The third-order valence-electron chi connectivity index (χ3n) is 5.84. The summed E-state index contributed by atoms with van der Waals surface area (Å²) in [5.74, 6) is 0.991. The average molecular weight is 429 g/mol. The fourth-order valence-electron chi connectivity index (χ4n) is 4.43. The van der Waals surface area contributed by atoms with E-state index in [1.165, 1.54) is 0 Å². The van der Waals surface area contributed by atoms with Gasteiger partial charge in [-0.1, -0.05) is 0 Å². The van der Waals surface area contributed by atoms with Gasteiger partial charge in [0.05, 0.1) is 41.4 Å². The third-order valence-corrected chi connectivity index (χ3v) is 5.84. The van der Waals surface area contributed by atoms with Gasteiger partial charge in [-0.2, -0.15) is 10.4 Å². The number of fused-ring (bicyclic) bond motifs is 3. The Morgan fingerprint density at radius 2 is 2.22 bits per heavy atom. The molecule has 5 rings (SSSR count). The van der Waals surface area contributed by atoms with Crippen LogP contribution in [0.25, 0.3) is 21.9 Å². The molecule has 32 heavy (non-hydrogen) atoms. The second kappa shape index (κ2) is 8.05. The van der Waals surface area contributed by atoms with Crippen molar-refractivity contribution in [1.29, 1.82) is 5.26 Å². The van der Waals surface area contributed by atoms with Crippen LogP contribution >= 0.6 is 0 Å². The van der Waals surface area contributed by atoms with E-state index in [1.54, 1.807) is 36.3 Å². The molecule has 4 aromatic rings. The largest absolute Gasteiger partial charge is 0.378 e. The Balaban J connectivity index is 1.62. The number of amides is 1. The molecule has 1 amide bonds. The molecule has 9 heteroatoms. The second-order valence-corrected chi connectivity index (χ2v) is 8.19. The van der Waals surface area contributed by atoms with Crippen LogP contribution in [-0.2, 0) is 23.0 Å². The number of hydrogen-bond donors (Lipinski definition) is 1. The minimum Gasteiger partial charge on any atom is -0.378 e. The number of carbonyl (C=O) groups excluding carboxylic acids is 1. The summed E-state index contributed by atoms with van der Waals surface area (Å²) in [5.41, 5.74) is 2.98. The Labute approximate surface area is 184 Å². The van der Waals surface area contributed by atoms with E-state index in [4.69, 9.17) is 9.72 Å². The van der Waals surface area contributed by atoms with Crippen LogP contribution < -0.4 is 5.32 Å². The minimum absolute atomic E-state index is 0.108. The van der Waals surface area contributed by atoms with E-state index in [1.807, 2.05) is 12.1 Å². The topological polar surface area (TPSA) is 111 Å². The van der Waals surface area contributed by atoms with Gasteiger partial charge in [0, 0.05) is 37.3 Å². The van der Waals surface area contributed by atoms with Crippen molar-refractivity contribution in [3.8, 4) is 6.07 Å². The van der Waals surface area contributed by atoms with E-state index >= 15 is 0 Å². The van der Waals surface area contributed by atoms with Gasteiger partial charge in [0.2, 0.25) is 5.91 Å². The molecule has 4 heterocycles. The Kier molecular flexibility index (Phi) is 5.07. The summed E-state index contributed by atoms with van der Waals surface area (Å²) < 4.78 is 9.57. The summed E-state index contributed by atoms with van der Waals surface area (Å²) in [4.78, 5) is 22.2. The van der Waals surface area contributed by atoms with Crippen LogP contribution in [0, 0.1) is 11.3 Å². The van der Waals surface area contributed by atoms with Gasteiger partial charge in [0.15, 0.2) is 5.82 Å². The van der Waals surface area contributed by atoms with Crippen molar-refractivity contribution in [2.45, 2.75) is 38.3 Å². The van der Waals surface area contributed by atoms with Crippen molar-refractivity contribution in [2.24, 2.45) is 7.05 Å². The molecule has 0 bridgehead atoms. The highest BCUT2D eigenvalue weighted by Crippen LogP contribution is 2.34. The summed E-state index contributed by atoms with van der Waals surface area (Å²) in [5, 5.41) is 17.3. The summed E-state index contributed by atoms with van der Waals surface area (Å²) in [7, 11) is 1.80. The molecule has 9 nitrogen and oxygen atoms in total. The van der Waals surface area contributed by atoms with Crippen LogP contribution in [0.3, 0.4) is 0 Å². The molecule has 1 saturated heterocycles. The number of aryl methyl sites for hydroxylation is 1. The lowest BCUT2D eigenvalue weighted by Gasteiger charge is -2.30. The van der Waals surface area contributed by atoms with Gasteiger partial charge in [-0.15, -0.1) is 0 Å². The van der Waals surface area contributed by atoms with Gasteiger partial charge in [0.25, 0.3) is 0 Å². The number of nitrogens with zero attached hydrogens (tertiary/aromatic N) is 6. The molecular weight excluding hydrogens is 406 g/mol. The van der Waals surface area contributed by atoms with E-state index in [2.05, 4.69) is 33.0 Å². The second-order valence-electron chi connectivity index (χ2n) is 8.19. The quantitative estimate of drug-likeness (QED) is 0.534. The SMILES string of the molecule is C[C@@H]1C[C@H](n2c(CC(=O)Nc3ccn(C)n3)nc3cnc4ccc(C#N)cc4c32)CCO1. The number of nitrogens with one attached hydrogen (secondary N) is 1. The smallest absolute Gasteiger partial charge is 0.233 e. The first-order chi connectivity index (χ1) is 15.5. The maximum atomic E-state index is 12.8. The third kappa shape index (κ3) is 3.69. The maximum Gasteiger partial charge on any atom is 0.233 e. The number of hydrogen-bond acceptors (Lipinski definition) is 6. The molecule has 1 aliphatic rings. The highest BCUT2D eigenvalue weighted by Gasteiger charge is 2.27. The molecule has 162 valence electrons. The van der Waals surface area contributed by atoms with Gasteiger partial charge >= 0.3 is 0 Å². The lowest BCUT2D eigenvalue weighted by atomic mass is 10.0. The molecule has 0 aliphatic carbocycles. The molecule has 2 atom stereocenters. The summed E-state index contributed by atoms with van der Waals surface area (Å²) in [6.45, 7) is 2.71. The monoisotopic (exact) mass is 429 g/mol. The maximum absolute atomic E-state index is 12.8. The van der Waals surface area contributed by atoms with E-state index in [9.17, 15) is 10.1 Å². The number of carbonyl (C=O) groups is 1. The van der Waals surface area contributed by atoms with E-state index in [0.29, 0.717) is 29.3 Å². The Bertz CT molecular complexity index is 1360. The van der Waals surface area contributed by atoms with Crippen molar-refractivity contribution in [1.82, 2.24) is 24.3 Å². The Morgan fingerprint density at radius 3 is 2.97 bits per heavy atom. The van der Waals surface area contributed by atoms with Crippen molar-refractivity contribution in [3.63, 3.8) is 0 Å². The van der Waals surface area contributed by atoms with E-state index in [0.717, 1.165) is 29.3 Å². The number of benzene rings is 1. The normalized spacial score (nSPS) is 18.7. The van der Waals surface area contributed by atoms with E-state index < -0.39 is 0 Å². The van der Waals surface area contributed by atoms with Crippen LogP contribution in [0.5, 0.6) is 0 Å². The number of pyridine rings is 1. The number of nitriles is 1. The highest BCUT2D eigenvalue weighted by atomic mass is 16.5. The fraction of sp³-hybridized carbons (Fsp3) is 0.348. The average Bonchev–Trinajstić information content (AvgIpc) is 3.35. The number of rotatable bonds is 4. The Morgan fingerprint density at radius 1 is 1.34 bits per heavy atom. The summed E-state index contributed by atoms with van der Waals surface area (Å²) in [6, 6.07) is 9.56. The standard InChI is InChI=1S/C23H23N7O2/c1-14-9-16(6-8-32-14)30-21(11-22(31)27-20-5-7-29(2)28-20)26-19-13-25-18-4-3-15(12-24)10-17(18)23(19)30/h3-5,7,10,13-14,16H,6,8-9,11H2,1-2H3,(H,27,28,31)/t14-,16-/m1/s1. The summed E-state index contributed by atoms with van der Waals surface area (Å²) in [6.07, 6.45) is 5.39. The molecule has 1 N–H and O–H groups in total. The summed E-state index contributed by atoms with van der Waals surface area (Å²) >= 11 is 0. The lowest BCUT2D eigenvalue weighted by molar-refractivity contribution is -0.115. The van der Waals surface area contributed by atoms with Gasteiger partial charge < -0.3 is 14.6 Å². The van der Waals surface area contributed by atoms with Gasteiger partial charge in [-0.05, 0) is 38.0 Å².